The molecule has 5 heteroatoms. The molecular formula is C18H21NO4. The Bertz CT molecular complexity index is 644. The average molecular weight is 315 g/mol. The van der Waals surface area contributed by atoms with E-state index in [0.29, 0.717) is 5.57 Å². The second-order valence-corrected chi connectivity index (χ2v) is 6.36. The van der Waals surface area contributed by atoms with Crippen molar-refractivity contribution in [2.24, 2.45) is 5.92 Å². The van der Waals surface area contributed by atoms with Gasteiger partial charge in [0.1, 0.15) is 5.60 Å². The molecule has 0 fully saturated rings. The van der Waals surface area contributed by atoms with Crippen LogP contribution in [0.5, 0.6) is 0 Å². The molecule has 0 heterocycles. The fraction of sp³-hybridized carbons (Fsp3) is 0.333. The summed E-state index contributed by atoms with van der Waals surface area (Å²) in [5, 5.41) is 12.0. The van der Waals surface area contributed by atoms with Gasteiger partial charge in [-0.1, -0.05) is 48.6 Å². The Morgan fingerprint density at radius 2 is 1.87 bits per heavy atom. The van der Waals surface area contributed by atoms with Crippen LogP contribution in [0.4, 0.5) is 4.79 Å². The SMILES string of the molecule is CC(C)(C)OC(=O)N[C@@H](C(=O)O)C1=CC=CC=C2C=CC=CC21. The molecule has 2 N–H and O–H groups in total. The molecule has 0 aromatic rings. The highest BCUT2D eigenvalue weighted by atomic mass is 16.6. The second kappa shape index (κ2) is 6.69. The number of amides is 1. The number of rotatable bonds is 3. The normalized spacial score (nSPS) is 20.7. The van der Waals surface area contributed by atoms with Gasteiger partial charge in [-0.3, -0.25) is 0 Å². The van der Waals surface area contributed by atoms with E-state index in [0.717, 1.165) is 5.57 Å². The zero-order chi connectivity index (χ0) is 17.0. The maximum Gasteiger partial charge on any atom is 0.408 e. The molecule has 122 valence electrons. The lowest BCUT2D eigenvalue weighted by Crippen LogP contribution is -2.45. The summed E-state index contributed by atoms with van der Waals surface area (Å²) >= 11 is 0. The number of hydrogen-bond donors (Lipinski definition) is 2. The topological polar surface area (TPSA) is 75.6 Å². The van der Waals surface area contributed by atoms with Gasteiger partial charge in [0.25, 0.3) is 0 Å². The summed E-state index contributed by atoms with van der Waals surface area (Å²) < 4.78 is 5.17. The molecule has 1 unspecified atom stereocenters. The first-order valence-corrected chi connectivity index (χ1v) is 7.43. The van der Waals surface area contributed by atoms with Gasteiger partial charge in [-0.2, -0.15) is 0 Å². The van der Waals surface area contributed by atoms with Crippen LogP contribution >= 0.6 is 0 Å². The van der Waals surface area contributed by atoms with Crippen molar-refractivity contribution in [3.63, 3.8) is 0 Å². The third-order valence-electron chi connectivity index (χ3n) is 3.35. The molecule has 2 rings (SSSR count). The molecule has 23 heavy (non-hydrogen) atoms. The van der Waals surface area contributed by atoms with E-state index in [2.05, 4.69) is 5.32 Å². The molecule has 2 atom stereocenters. The van der Waals surface area contributed by atoms with Gasteiger partial charge in [0.05, 0.1) is 0 Å². The minimum Gasteiger partial charge on any atom is -0.479 e. The highest BCUT2D eigenvalue weighted by Crippen LogP contribution is 2.30. The highest BCUT2D eigenvalue weighted by Gasteiger charge is 2.32. The highest BCUT2D eigenvalue weighted by molar-refractivity contribution is 5.84. The van der Waals surface area contributed by atoms with E-state index >= 15 is 0 Å². The summed E-state index contributed by atoms with van der Waals surface area (Å²) in [6, 6.07) is -1.16. The lowest BCUT2D eigenvalue weighted by Gasteiger charge is -2.27. The number of ether oxygens (including phenoxy) is 1. The number of aliphatic carboxylic acids is 1. The Labute approximate surface area is 135 Å². The zero-order valence-electron chi connectivity index (χ0n) is 13.4. The molecule has 0 aromatic heterocycles. The van der Waals surface area contributed by atoms with Crippen molar-refractivity contribution < 1.29 is 19.4 Å². The lowest BCUT2D eigenvalue weighted by atomic mass is 9.84. The first-order chi connectivity index (χ1) is 10.8. The Kier molecular flexibility index (Phi) is 4.89. The lowest BCUT2D eigenvalue weighted by molar-refractivity contribution is -0.138. The minimum atomic E-state index is -1.16. The van der Waals surface area contributed by atoms with Gasteiger partial charge < -0.3 is 15.2 Å². The number of carboxylic acids is 1. The number of nitrogens with one attached hydrogen (secondary N) is 1. The summed E-state index contributed by atoms with van der Waals surface area (Å²) in [6.45, 7) is 5.18. The zero-order valence-corrected chi connectivity index (χ0v) is 13.4. The van der Waals surface area contributed by atoms with Crippen LogP contribution in [0.2, 0.25) is 0 Å². The molecule has 2 aliphatic carbocycles. The van der Waals surface area contributed by atoms with E-state index in [1.54, 1.807) is 32.9 Å². The monoisotopic (exact) mass is 315 g/mol. The summed E-state index contributed by atoms with van der Waals surface area (Å²) in [6.07, 6.45) is 14.1. The Morgan fingerprint density at radius 3 is 2.52 bits per heavy atom. The predicted octanol–water partition coefficient (Wildman–Crippen LogP) is 3.13. The molecule has 2 aliphatic rings. The van der Waals surface area contributed by atoms with Crippen molar-refractivity contribution in [3.8, 4) is 0 Å². The Hall–Kier alpha value is -2.56. The van der Waals surface area contributed by atoms with Crippen LogP contribution in [0, 0.1) is 5.92 Å². The number of allylic oxidation sites excluding steroid dienone is 9. The standard InChI is InChI=1S/C18H21NO4/c1-18(2,3)23-17(22)19-15(16(20)21)14-11-7-5-9-12-8-4-6-10-13(12)14/h4-11,13,15H,1-3H3,(H,19,22)(H,20,21)/t13?,15-/m1/s1. The fourth-order valence-corrected chi connectivity index (χ4v) is 2.45. The fourth-order valence-electron chi connectivity index (χ4n) is 2.45. The molecule has 0 aromatic carbocycles. The molecule has 1 amide bonds. The average Bonchev–Trinajstić information content (AvgIpc) is 2.65. The van der Waals surface area contributed by atoms with Crippen molar-refractivity contribution >= 4 is 12.1 Å². The second-order valence-electron chi connectivity index (χ2n) is 6.36. The summed E-state index contributed by atoms with van der Waals surface area (Å²) in [7, 11) is 0. The van der Waals surface area contributed by atoms with Crippen LogP contribution in [0.25, 0.3) is 0 Å². The van der Waals surface area contributed by atoms with Crippen LogP contribution in [-0.2, 0) is 9.53 Å². The first-order valence-electron chi connectivity index (χ1n) is 7.43. The van der Waals surface area contributed by atoms with Gasteiger partial charge in [-0.25, -0.2) is 9.59 Å². The third kappa shape index (κ3) is 4.45. The number of hydrogen-bond acceptors (Lipinski definition) is 3. The van der Waals surface area contributed by atoms with Crippen LogP contribution in [0.15, 0.2) is 59.8 Å². The van der Waals surface area contributed by atoms with Crippen molar-refractivity contribution in [1.82, 2.24) is 5.32 Å². The number of carboxylic acid groups (broad SMARTS) is 1. The molecule has 0 radical (unpaired) electrons. The quantitative estimate of drug-likeness (QED) is 0.839. The molecule has 0 spiro atoms. The number of carbonyl (C=O) groups excluding carboxylic acids is 1. The molecular weight excluding hydrogens is 294 g/mol. The molecule has 0 saturated carbocycles. The van der Waals surface area contributed by atoms with Gasteiger partial charge in [0.2, 0.25) is 0 Å². The van der Waals surface area contributed by atoms with E-state index in [1.807, 2.05) is 36.5 Å². The summed E-state index contributed by atoms with van der Waals surface area (Å²) in [5.41, 5.74) is 0.873. The van der Waals surface area contributed by atoms with E-state index in [1.165, 1.54) is 0 Å². The number of fused-ring (bicyclic) bond motifs is 1. The van der Waals surface area contributed by atoms with Crippen LogP contribution in [-0.4, -0.2) is 28.8 Å². The molecule has 0 aliphatic heterocycles. The predicted molar refractivity (Wildman–Crippen MR) is 87.9 cm³/mol. The van der Waals surface area contributed by atoms with Crippen LogP contribution < -0.4 is 5.32 Å². The first kappa shape index (κ1) is 16.8. The summed E-state index contributed by atoms with van der Waals surface area (Å²) in [4.78, 5) is 23.7. The van der Waals surface area contributed by atoms with E-state index in [-0.39, 0.29) is 5.92 Å². The minimum absolute atomic E-state index is 0.189. The third-order valence-corrected chi connectivity index (χ3v) is 3.35. The maximum absolute atomic E-state index is 12.0. The van der Waals surface area contributed by atoms with Crippen molar-refractivity contribution in [3.05, 3.63) is 59.8 Å². The Balaban J connectivity index is 2.25. The van der Waals surface area contributed by atoms with Crippen LogP contribution in [0.3, 0.4) is 0 Å². The smallest absolute Gasteiger partial charge is 0.408 e. The van der Waals surface area contributed by atoms with Gasteiger partial charge in [-0.05, 0) is 31.9 Å². The van der Waals surface area contributed by atoms with E-state index in [4.69, 9.17) is 4.74 Å². The van der Waals surface area contributed by atoms with E-state index in [9.17, 15) is 14.7 Å². The Morgan fingerprint density at radius 1 is 1.17 bits per heavy atom. The van der Waals surface area contributed by atoms with Crippen molar-refractivity contribution in [1.29, 1.82) is 0 Å². The molecule has 5 nitrogen and oxygen atoms in total. The largest absolute Gasteiger partial charge is 0.479 e. The summed E-state index contributed by atoms with van der Waals surface area (Å²) in [5.74, 6) is -1.31. The van der Waals surface area contributed by atoms with Gasteiger partial charge in [0, 0.05) is 5.92 Å². The van der Waals surface area contributed by atoms with Gasteiger partial charge in [-0.15, -0.1) is 0 Å². The van der Waals surface area contributed by atoms with E-state index < -0.39 is 23.7 Å². The van der Waals surface area contributed by atoms with Crippen molar-refractivity contribution in [2.45, 2.75) is 32.4 Å². The molecule has 0 bridgehead atoms. The number of carbonyl (C=O) groups is 2. The number of alkyl carbamates (subject to hydrolysis) is 1. The van der Waals surface area contributed by atoms with Crippen molar-refractivity contribution in [2.75, 3.05) is 0 Å². The van der Waals surface area contributed by atoms with Crippen LogP contribution in [0.1, 0.15) is 20.8 Å². The van der Waals surface area contributed by atoms with Gasteiger partial charge in [0.15, 0.2) is 6.04 Å². The maximum atomic E-state index is 12.0. The van der Waals surface area contributed by atoms with Gasteiger partial charge >= 0.3 is 12.1 Å². The molecule has 0 saturated heterocycles.